The van der Waals surface area contributed by atoms with Gasteiger partial charge in [-0.15, -0.1) is 0 Å². The number of ether oxygens (including phenoxy) is 1. The molecule has 1 amide bonds. The van der Waals surface area contributed by atoms with Gasteiger partial charge in [0.05, 0.1) is 5.69 Å². The molecule has 3 aromatic rings. The van der Waals surface area contributed by atoms with Gasteiger partial charge in [-0.2, -0.15) is 0 Å². The van der Waals surface area contributed by atoms with Crippen LogP contribution in [0, 0.1) is 11.2 Å². The molecule has 0 saturated carbocycles. The van der Waals surface area contributed by atoms with Crippen LogP contribution in [0.1, 0.15) is 5.56 Å². The van der Waals surface area contributed by atoms with E-state index in [9.17, 15) is 9.18 Å². The highest BCUT2D eigenvalue weighted by Gasteiger charge is 2.23. The maximum absolute atomic E-state index is 14.0. The van der Waals surface area contributed by atoms with Gasteiger partial charge in [-0.25, -0.2) is 4.39 Å². The molecule has 0 unspecified atom stereocenters. The monoisotopic (exact) mass is 391 g/mol. The van der Waals surface area contributed by atoms with Crippen molar-refractivity contribution in [2.45, 2.75) is 0 Å². The molecule has 1 N–H and O–H groups in total. The van der Waals surface area contributed by atoms with Crippen molar-refractivity contribution in [1.82, 2.24) is 4.90 Å². The van der Waals surface area contributed by atoms with Crippen molar-refractivity contribution in [3.63, 3.8) is 0 Å². The second kappa shape index (κ2) is 8.31. The number of hydrogen-bond acceptors (Lipinski definition) is 4. The highest BCUT2D eigenvalue weighted by atomic mass is 19.1. The van der Waals surface area contributed by atoms with E-state index in [1.54, 1.807) is 23.1 Å². The molecule has 0 aromatic heterocycles. The molecule has 5 nitrogen and oxygen atoms in total. The number of amides is 1. The fourth-order valence-corrected chi connectivity index (χ4v) is 3.68. The minimum absolute atomic E-state index is 0.0480. The Hall–Kier alpha value is -3.41. The van der Waals surface area contributed by atoms with E-state index in [2.05, 4.69) is 0 Å². The first-order chi connectivity index (χ1) is 14.2. The molecule has 1 saturated heterocycles. The molecule has 0 bridgehead atoms. The zero-order chi connectivity index (χ0) is 20.2. The summed E-state index contributed by atoms with van der Waals surface area (Å²) in [5, 5.41) is 9.34. The summed E-state index contributed by atoms with van der Waals surface area (Å²) in [6.45, 7) is 2.19. The fourth-order valence-electron chi connectivity index (χ4n) is 3.68. The van der Waals surface area contributed by atoms with E-state index in [4.69, 9.17) is 10.1 Å². The van der Waals surface area contributed by atoms with E-state index in [0.29, 0.717) is 37.6 Å². The molecule has 0 radical (unpaired) electrons. The van der Waals surface area contributed by atoms with E-state index in [1.807, 2.05) is 41.3 Å². The van der Waals surface area contributed by atoms with Crippen LogP contribution < -0.4 is 9.64 Å². The lowest BCUT2D eigenvalue weighted by molar-refractivity contribution is -0.133. The predicted octanol–water partition coefficient (Wildman–Crippen LogP) is 3.70. The summed E-state index contributed by atoms with van der Waals surface area (Å²) in [6, 6.07) is 18.0. The topological polar surface area (TPSA) is 56.6 Å². The van der Waals surface area contributed by atoms with Gasteiger partial charge >= 0.3 is 0 Å². The number of hydrogen-bond donors (Lipinski definition) is 1. The smallest absolute Gasteiger partial charge is 0.260 e. The Morgan fingerprint density at radius 1 is 0.966 bits per heavy atom. The van der Waals surface area contributed by atoms with Crippen LogP contribution in [-0.4, -0.2) is 49.8 Å². The lowest BCUT2D eigenvalue weighted by Crippen LogP contribution is -2.50. The molecule has 0 atom stereocenters. The lowest BCUT2D eigenvalue weighted by atomic mass is 10.0. The van der Waals surface area contributed by atoms with E-state index < -0.39 is 0 Å². The van der Waals surface area contributed by atoms with Crippen LogP contribution in [0.15, 0.2) is 60.7 Å². The largest absolute Gasteiger partial charge is 0.483 e. The Bertz CT molecular complexity index is 1050. The van der Waals surface area contributed by atoms with Crippen LogP contribution >= 0.6 is 0 Å². The first-order valence-electron chi connectivity index (χ1n) is 9.59. The lowest BCUT2D eigenvalue weighted by Gasteiger charge is -2.36. The minimum Gasteiger partial charge on any atom is -0.483 e. The first kappa shape index (κ1) is 18.9. The number of benzene rings is 3. The molecule has 0 aliphatic carbocycles. The van der Waals surface area contributed by atoms with E-state index >= 15 is 0 Å². The van der Waals surface area contributed by atoms with E-state index in [0.717, 1.165) is 16.3 Å². The van der Waals surface area contributed by atoms with Crippen LogP contribution in [0.2, 0.25) is 0 Å². The average molecular weight is 391 g/mol. The van der Waals surface area contributed by atoms with Gasteiger partial charge in [0.15, 0.2) is 6.61 Å². The third kappa shape index (κ3) is 3.92. The zero-order valence-corrected chi connectivity index (χ0v) is 16.0. The zero-order valence-electron chi connectivity index (χ0n) is 16.0. The molecule has 1 heterocycles. The second-order valence-electron chi connectivity index (χ2n) is 6.95. The van der Waals surface area contributed by atoms with Gasteiger partial charge in [0.25, 0.3) is 5.91 Å². The summed E-state index contributed by atoms with van der Waals surface area (Å²) in [5.41, 5.74) is 1.39. The van der Waals surface area contributed by atoms with Gasteiger partial charge in [0.1, 0.15) is 11.6 Å². The molecule has 1 aliphatic rings. The first-order valence-corrected chi connectivity index (χ1v) is 9.59. The van der Waals surface area contributed by atoms with Crippen molar-refractivity contribution in [2.24, 2.45) is 0 Å². The van der Waals surface area contributed by atoms with Crippen LogP contribution in [0.3, 0.4) is 0 Å². The van der Waals surface area contributed by atoms with Crippen molar-refractivity contribution in [3.05, 3.63) is 72.0 Å². The molecule has 148 valence electrons. The van der Waals surface area contributed by atoms with Crippen LogP contribution in [0.5, 0.6) is 5.75 Å². The minimum atomic E-state index is -0.240. The average Bonchev–Trinajstić information content (AvgIpc) is 2.77. The van der Waals surface area contributed by atoms with E-state index in [-0.39, 0.29) is 18.3 Å². The Morgan fingerprint density at radius 3 is 2.38 bits per heavy atom. The number of anilines is 1. The third-order valence-corrected chi connectivity index (χ3v) is 5.25. The van der Waals surface area contributed by atoms with Crippen molar-refractivity contribution < 1.29 is 13.9 Å². The summed E-state index contributed by atoms with van der Waals surface area (Å²) >= 11 is 0. The second-order valence-corrected chi connectivity index (χ2v) is 6.95. The number of rotatable bonds is 5. The number of halogens is 1. The Morgan fingerprint density at radius 2 is 1.66 bits per heavy atom. The van der Waals surface area contributed by atoms with Crippen molar-refractivity contribution in [3.8, 4) is 5.75 Å². The maximum Gasteiger partial charge on any atom is 0.260 e. The highest BCUT2D eigenvalue weighted by Crippen LogP contribution is 2.28. The normalized spacial score (nSPS) is 14.1. The number of para-hydroxylation sites is 1. The van der Waals surface area contributed by atoms with Crippen LogP contribution in [0.4, 0.5) is 10.1 Å². The van der Waals surface area contributed by atoms with Gasteiger partial charge in [0.2, 0.25) is 0 Å². The molecule has 1 fully saturated rings. The third-order valence-electron chi connectivity index (χ3n) is 5.25. The van der Waals surface area contributed by atoms with E-state index in [1.165, 1.54) is 12.3 Å². The summed E-state index contributed by atoms with van der Waals surface area (Å²) in [4.78, 5) is 16.3. The van der Waals surface area contributed by atoms with Crippen LogP contribution in [-0.2, 0) is 4.79 Å². The molecule has 0 spiro atoms. The number of nitrogens with one attached hydrogen (secondary N) is 1. The fraction of sp³-hybridized carbons (Fsp3) is 0.217. The Kier molecular flexibility index (Phi) is 5.42. The van der Waals surface area contributed by atoms with Crippen molar-refractivity contribution >= 4 is 28.6 Å². The quantitative estimate of drug-likeness (QED) is 0.675. The standard InChI is InChI=1S/C23H22FN3O2/c24-20-7-3-4-8-21(20)26-11-13-27(14-12-26)23(28)16-29-22-10-9-17(15-25)18-5-1-2-6-19(18)22/h1-10,15,25H,11-14,16H2. The molecule has 29 heavy (non-hydrogen) atoms. The van der Waals surface area contributed by atoms with Crippen molar-refractivity contribution in [1.29, 1.82) is 5.41 Å². The molecule has 6 heteroatoms. The summed E-state index contributed by atoms with van der Waals surface area (Å²) in [6.07, 6.45) is 1.31. The van der Waals surface area contributed by atoms with Gasteiger partial charge in [0, 0.05) is 43.3 Å². The van der Waals surface area contributed by atoms with Crippen LogP contribution in [0.25, 0.3) is 10.8 Å². The summed E-state index contributed by atoms with van der Waals surface area (Å²) in [7, 11) is 0. The van der Waals surface area contributed by atoms with Crippen molar-refractivity contribution in [2.75, 3.05) is 37.7 Å². The Labute approximate surface area is 168 Å². The predicted molar refractivity (Wildman–Crippen MR) is 113 cm³/mol. The molecule has 1 aliphatic heterocycles. The van der Waals surface area contributed by atoms with Gasteiger partial charge < -0.3 is 19.9 Å². The molecule has 4 rings (SSSR count). The maximum atomic E-state index is 14.0. The van der Waals surface area contributed by atoms with Gasteiger partial charge in [-0.3, -0.25) is 4.79 Å². The van der Waals surface area contributed by atoms with Gasteiger partial charge in [-0.05, 0) is 29.7 Å². The van der Waals surface area contributed by atoms with Gasteiger partial charge in [-0.1, -0.05) is 36.4 Å². The Balaban J connectivity index is 1.38. The molecular weight excluding hydrogens is 369 g/mol. The summed E-state index contributed by atoms with van der Waals surface area (Å²) < 4.78 is 19.8. The SMILES string of the molecule is N=Cc1ccc(OCC(=O)N2CCN(c3ccccc3F)CC2)c2ccccc12. The molecular formula is C23H22FN3O2. The number of carbonyl (C=O) groups is 1. The molecule has 3 aromatic carbocycles. The number of carbonyl (C=O) groups excluding carboxylic acids is 1. The number of nitrogens with zero attached hydrogens (tertiary/aromatic N) is 2. The highest BCUT2D eigenvalue weighted by molar-refractivity contribution is 6.01. The number of piperazine rings is 1. The number of fused-ring (bicyclic) bond motifs is 1. The summed E-state index contributed by atoms with van der Waals surface area (Å²) in [5.74, 6) is 0.304.